The van der Waals surface area contributed by atoms with Crippen molar-refractivity contribution in [1.82, 2.24) is 4.98 Å². The quantitative estimate of drug-likeness (QED) is 0.623. The van der Waals surface area contributed by atoms with Gasteiger partial charge in [0.05, 0.1) is 16.8 Å². The van der Waals surface area contributed by atoms with E-state index in [2.05, 4.69) is 40.9 Å². The van der Waals surface area contributed by atoms with Gasteiger partial charge in [-0.15, -0.1) is 0 Å². The molecule has 0 saturated carbocycles. The number of fused-ring (bicyclic) bond motifs is 1. The number of rotatable bonds is 3. The molecule has 4 nitrogen and oxygen atoms in total. The van der Waals surface area contributed by atoms with Gasteiger partial charge in [-0.1, -0.05) is 13.8 Å². The maximum absolute atomic E-state index is 13.3. The maximum Gasteiger partial charge on any atom is 0.198 e. The van der Waals surface area contributed by atoms with E-state index in [9.17, 15) is 9.50 Å². The molecule has 0 amide bonds. The fourth-order valence-electron chi connectivity index (χ4n) is 4.07. The first-order chi connectivity index (χ1) is 13.0. The lowest BCUT2D eigenvalue weighted by molar-refractivity contribution is 0.357. The molecule has 1 aromatic heterocycles. The fourth-order valence-corrected chi connectivity index (χ4v) is 4.07. The summed E-state index contributed by atoms with van der Waals surface area (Å²) in [5.74, 6) is 1.07. The Kier molecular flexibility index (Phi) is 4.60. The molecule has 3 aromatic rings. The number of H-pyrrole nitrogens is 1. The molecular formula is C22H24FN3O. The van der Waals surface area contributed by atoms with Gasteiger partial charge in [-0.25, -0.2) is 4.39 Å². The molecule has 2 heterocycles. The van der Waals surface area contributed by atoms with Crippen LogP contribution in [0.2, 0.25) is 0 Å². The van der Waals surface area contributed by atoms with E-state index in [0.29, 0.717) is 22.9 Å². The van der Waals surface area contributed by atoms with Crippen LogP contribution in [0.3, 0.4) is 0 Å². The minimum atomic E-state index is -0.343. The highest BCUT2D eigenvalue weighted by Gasteiger charge is 2.21. The molecule has 2 aromatic carbocycles. The van der Waals surface area contributed by atoms with E-state index in [1.54, 1.807) is 12.3 Å². The molecule has 1 saturated heterocycles. The minimum absolute atomic E-state index is 0.00716. The normalized spacial score (nSPS) is 20.6. The summed E-state index contributed by atoms with van der Waals surface area (Å²) in [6.45, 7) is 6.79. The van der Waals surface area contributed by atoms with Crippen molar-refractivity contribution >= 4 is 28.5 Å². The van der Waals surface area contributed by atoms with Crippen LogP contribution in [-0.2, 0) is 0 Å². The Hall–Kier alpha value is -2.82. The third-order valence-corrected chi connectivity index (χ3v) is 5.21. The van der Waals surface area contributed by atoms with Gasteiger partial charge in [0.25, 0.3) is 0 Å². The summed E-state index contributed by atoms with van der Waals surface area (Å²) in [5.41, 5.74) is 3.15. The zero-order chi connectivity index (χ0) is 19.0. The van der Waals surface area contributed by atoms with Crippen molar-refractivity contribution < 1.29 is 9.50 Å². The minimum Gasteiger partial charge on any atom is -0.494 e. The number of aromatic hydroxyl groups is 1. The number of hydrogen-bond donors (Lipinski definition) is 2. The number of piperidine rings is 1. The summed E-state index contributed by atoms with van der Waals surface area (Å²) in [4.78, 5) is 9.70. The highest BCUT2D eigenvalue weighted by molar-refractivity contribution is 6.02. The van der Waals surface area contributed by atoms with Crippen LogP contribution in [0, 0.1) is 17.7 Å². The van der Waals surface area contributed by atoms with E-state index in [0.717, 1.165) is 24.2 Å². The number of nitrogens with one attached hydrogen (secondary N) is 1. The van der Waals surface area contributed by atoms with E-state index in [1.807, 2.05) is 12.1 Å². The molecule has 1 aliphatic rings. The summed E-state index contributed by atoms with van der Waals surface area (Å²) in [5, 5.41) is 10.8. The molecule has 140 valence electrons. The van der Waals surface area contributed by atoms with Crippen molar-refractivity contribution in [2.24, 2.45) is 16.8 Å². The molecule has 1 aliphatic heterocycles. The van der Waals surface area contributed by atoms with Crippen LogP contribution in [0.4, 0.5) is 15.8 Å². The van der Waals surface area contributed by atoms with Gasteiger partial charge in [-0.3, -0.25) is 4.99 Å². The molecule has 4 rings (SSSR count). The number of aromatic nitrogens is 1. The molecule has 5 heteroatoms. The predicted molar refractivity (Wildman–Crippen MR) is 109 cm³/mol. The lowest BCUT2D eigenvalue weighted by Crippen LogP contribution is -2.38. The van der Waals surface area contributed by atoms with E-state index in [-0.39, 0.29) is 11.7 Å². The van der Waals surface area contributed by atoms with Crippen molar-refractivity contribution in [2.75, 3.05) is 18.0 Å². The number of nitrogens with zero attached hydrogens (tertiary/aromatic N) is 2. The number of aliphatic imine (C=N–C) groups is 1. The number of anilines is 1. The molecule has 2 N–H and O–H groups in total. The highest BCUT2D eigenvalue weighted by atomic mass is 19.1. The van der Waals surface area contributed by atoms with E-state index < -0.39 is 0 Å². The Labute approximate surface area is 158 Å². The van der Waals surface area contributed by atoms with Crippen LogP contribution in [0.25, 0.3) is 10.9 Å². The van der Waals surface area contributed by atoms with Gasteiger partial charge >= 0.3 is 0 Å². The molecule has 0 spiro atoms. The smallest absolute Gasteiger partial charge is 0.198 e. The average Bonchev–Trinajstić information content (AvgIpc) is 2.93. The van der Waals surface area contributed by atoms with Gasteiger partial charge in [0.15, 0.2) is 5.88 Å². The summed E-state index contributed by atoms with van der Waals surface area (Å²) in [6.07, 6.45) is 2.91. The van der Waals surface area contributed by atoms with Gasteiger partial charge in [0.2, 0.25) is 0 Å². The Bertz CT molecular complexity index is 967. The summed E-state index contributed by atoms with van der Waals surface area (Å²) < 4.78 is 13.3. The fraction of sp³-hybridized carbons (Fsp3) is 0.318. The van der Waals surface area contributed by atoms with Gasteiger partial charge in [-0.2, -0.15) is 0 Å². The van der Waals surface area contributed by atoms with Gasteiger partial charge in [0.1, 0.15) is 5.82 Å². The maximum atomic E-state index is 13.3. The molecule has 1 fully saturated rings. The molecule has 0 radical (unpaired) electrons. The second kappa shape index (κ2) is 7.06. The number of benzene rings is 2. The zero-order valence-corrected chi connectivity index (χ0v) is 15.6. The Morgan fingerprint density at radius 1 is 1.11 bits per heavy atom. The van der Waals surface area contributed by atoms with Crippen molar-refractivity contribution in [1.29, 1.82) is 0 Å². The van der Waals surface area contributed by atoms with Crippen molar-refractivity contribution in [3.8, 4) is 5.88 Å². The topological polar surface area (TPSA) is 51.6 Å². The number of hydrogen-bond acceptors (Lipinski definition) is 3. The van der Waals surface area contributed by atoms with Crippen LogP contribution in [0.15, 0.2) is 47.5 Å². The number of aromatic amines is 1. The van der Waals surface area contributed by atoms with E-state index in [1.165, 1.54) is 24.2 Å². The first kappa shape index (κ1) is 17.6. The monoisotopic (exact) mass is 365 g/mol. The summed E-state index contributed by atoms with van der Waals surface area (Å²) >= 11 is 0. The second-order valence-corrected chi connectivity index (χ2v) is 7.70. The lowest BCUT2D eigenvalue weighted by Gasteiger charge is -2.36. The average molecular weight is 365 g/mol. The SMILES string of the molecule is CC1CC(C)CN(c2ccc(N=Cc3c(O)[nH]c4cc(F)ccc34)cc2)C1. The van der Waals surface area contributed by atoms with Crippen molar-refractivity contribution in [3.63, 3.8) is 0 Å². The van der Waals surface area contributed by atoms with E-state index in [4.69, 9.17) is 0 Å². The summed E-state index contributed by atoms with van der Waals surface area (Å²) in [6, 6.07) is 12.6. The van der Waals surface area contributed by atoms with E-state index >= 15 is 0 Å². The molecule has 27 heavy (non-hydrogen) atoms. The Morgan fingerprint density at radius 2 is 1.81 bits per heavy atom. The van der Waals surface area contributed by atoms with Crippen LogP contribution in [0.5, 0.6) is 5.88 Å². The van der Waals surface area contributed by atoms with Crippen molar-refractivity contribution in [2.45, 2.75) is 20.3 Å². The first-order valence-electron chi connectivity index (χ1n) is 9.39. The molecule has 2 unspecified atom stereocenters. The zero-order valence-electron chi connectivity index (χ0n) is 15.6. The summed E-state index contributed by atoms with van der Waals surface area (Å²) in [7, 11) is 0. The largest absolute Gasteiger partial charge is 0.494 e. The van der Waals surface area contributed by atoms with Crippen LogP contribution in [-0.4, -0.2) is 29.4 Å². The van der Waals surface area contributed by atoms with Gasteiger partial charge in [-0.05, 0) is 60.7 Å². The molecule has 0 aliphatic carbocycles. The van der Waals surface area contributed by atoms with Crippen molar-refractivity contribution in [3.05, 3.63) is 53.8 Å². The molecule has 2 atom stereocenters. The lowest BCUT2D eigenvalue weighted by atomic mass is 9.91. The highest BCUT2D eigenvalue weighted by Crippen LogP contribution is 2.29. The molecule has 0 bridgehead atoms. The van der Waals surface area contributed by atoms with Gasteiger partial charge in [0, 0.05) is 30.4 Å². The molecular weight excluding hydrogens is 341 g/mol. The van der Waals surface area contributed by atoms with Crippen LogP contribution < -0.4 is 4.90 Å². The third kappa shape index (κ3) is 3.68. The Balaban J connectivity index is 1.54. The standard InChI is InChI=1S/C22H24FN3O/c1-14-9-15(2)13-26(12-14)18-6-4-17(5-7-18)24-11-20-19-8-3-16(23)10-21(19)25-22(20)27/h3-8,10-11,14-15,25,27H,9,12-13H2,1-2H3. The third-order valence-electron chi connectivity index (χ3n) is 5.21. The Morgan fingerprint density at radius 3 is 2.52 bits per heavy atom. The van der Waals surface area contributed by atoms with Gasteiger partial charge < -0.3 is 15.0 Å². The predicted octanol–water partition coefficient (Wildman–Crippen LogP) is 5.25. The van der Waals surface area contributed by atoms with Crippen LogP contribution >= 0.6 is 0 Å². The van der Waals surface area contributed by atoms with Crippen LogP contribution in [0.1, 0.15) is 25.8 Å². The first-order valence-corrected chi connectivity index (χ1v) is 9.39. The second-order valence-electron chi connectivity index (χ2n) is 7.70. The number of halogens is 1.